The molecule has 3 heteroatoms. The quantitative estimate of drug-likeness (QED) is 0.121. The fraction of sp³-hybridized carbons (Fsp3) is 0.781. The first-order chi connectivity index (χ1) is 17.1. The van der Waals surface area contributed by atoms with Crippen LogP contribution in [0.25, 0.3) is 0 Å². The first kappa shape index (κ1) is 36.5. The molecule has 0 bridgehead atoms. The van der Waals surface area contributed by atoms with Crippen molar-refractivity contribution in [3.8, 4) is 0 Å². The molecule has 0 saturated heterocycles. The third-order valence-corrected chi connectivity index (χ3v) is 7.51. The molecule has 208 valence electrons. The smallest absolute Gasteiger partial charge is 0.0810 e. The van der Waals surface area contributed by atoms with Crippen LogP contribution in [0, 0.1) is 5.92 Å². The number of hydrogen-bond acceptors (Lipinski definition) is 2. The van der Waals surface area contributed by atoms with Crippen LogP contribution in [0.5, 0.6) is 0 Å². The van der Waals surface area contributed by atoms with Gasteiger partial charge in [0.05, 0.1) is 19.3 Å². The molecule has 0 aromatic heterocycles. The number of unbranched alkanes of at least 4 members (excludes halogenated alkanes) is 7. The largest absolute Gasteiger partial charge is 0.379 e. The van der Waals surface area contributed by atoms with Gasteiger partial charge in [0, 0.05) is 6.61 Å². The Bertz CT molecular complexity index is 530. The van der Waals surface area contributed by atoms with Crippen molar-refractivity contribution in [2.24, 2.45) is 5.92 Å². The highest BCUT2D eigenvalue weighted by molar-refractivity contribution is 8.14. The predicted molar refractivity (Wildman–Crippen MR) is 164 cm³/mol. The number of ether oxygens (including phenoxy) is 2. The summed E-state index contributed by atoms with van der Waals surface area (Å²) in [6.45, 7) is 17.0. The molecular weight excluding hydrogens is 448 g/mol. The predicted octanol–water partition coefficient (Wildman–Crippen LogP) is 10.3. The summed E-state index contributed by atoms with van der Waals surface area (Å²) in [5.74, 6) is 7.75. The third-order valence-electron chi connectivity index (χ3n) is 5.77. The van der Waals surface area contributed by atoms with Gasteiger partial charge in [-0.1, -0.05) is 136 Å². The van der Waals surface area contributed by atoms with Gasteiger partial charge in [0.1, 0.15) is 0 Å². The number of hydrogen-bond donors (Lipinski definition) is 0. The number of rotatable bonds is 21. The molecule has 0 aliphatic heterocycles. The van der Waals surface area contributed by atoms with E-state index in [4.69, 9.17) is 9.47 Å². The van der Waals surface area contributed by atoms with Crippen LogP contribution in [0.4, 0.5) is 0 Å². The standard InChI is InChI=1S/C28H50O2S.2C2H6/c1-5-28(30-24-27-19-14-12-15-20-27)25-29-21-17-23-31(4)22-16-11-9-7-6-8-10-13-18-26(2)3;2*1-2/h12,14-15,19-20,26,28H,4-11,13,16-18,21-25H2,1-3H3;2*1-2H3. The van der Waals surface area contributed by atoms with E-state index in [2.05, 4.69) is 50.9 Å². The van der Waals surface area contributed by atoms with Gasteiger partial charge in [0.2, 0.25) is 0 Å². The Morgan fingerprint density at radius 1 is 0.771 bits per heavy atom. The molecule has 0 saturated carbocycles. The normalized spacial score (nSPS) is 12.3. The highest BCUT2D eigenvalue weighted by atomic mass is 32.2. The van der Waals surface area contributed by atoms with Crippen molar-refractivity contribution >= 4 is 16.4 Å². The van der Waals surface area contributed by atoms with Crippen LogP contribution in [0.15, 0.2) is 30.3 Å². The molecule has 2 unspecified atom stereocenters. The molecule has 0 aliphatic carbocycles. The molecule has 0 aliphatic rings. The Hall–Kier alpha value is -0.640. The monoisotopic (exact) mass is 510 g/mol. The Labute approximate surface area is 223 Å². The van der Waals surface area contributed by atoms with Crippen LogP contribution in [0.3, 0.4) is 0 Å². The molecule has 0 amide bonds. The molecule has 0 N–H and O–H groups in total. The van der Waals surface area contributed by atoms with Crippen molar-refractivity contribution in [3.05, 3.63) is 35.9 Å². The lowest BCUT2D eigenvalue weighted by molar-refractivity contribution is -0.0259. The molecule has 0 radical (unpaired) electrons. The summed E-state index contributed by atoms with van der Waals surface area (Å²) in [4.78, 5) is 0. The van der Waals surface area contributed by atoms with Crippen LogP contribution in [0.2, 0.25) is 0 Å². The lowest BCUT2D eigenvalue weighted by Gasteiger charge is -2.16. The van der Waals surface area contributed by atoms with E-state index in [0.717, 1.165) is 25.4 Å². The van der Waals surface area contributed by atoms with Gasteiger partial charge in [-0.05, 0) is 42.2 Å². The van der Waals surface area contributed by atoms with E-state index in [1.807, 2.05) is 33.8 Å². The van der Waals surface area contributed by atoms with Crippen molar-refractivity contribution in [1.82, 2.24) is 0 Å². The van der Waals surface area contributed by atoms with Crippen molar-refractivity contribution in [2.45, 2.75) is 132 Å². The Morgan fingerprint density at radius 2 is 1.31 bits per heavy atom. The molecule has 2 atom stereocenters. The van der Waals surface area contributed by atoms with E-state index < -0.39 is 0 Å². The molecule has 0 spiro atoms. The lowest BCUT2D eigenvalue weighted by Crippen LogP contribution is -2.19. The van der Waals surface area contributed by atoms with E-state index in [-0.39, 0.29) is 6.10 Å². The topological polar surface area (TPSA) is 18.5 Å². The maximum absolute atomic E-state index is 5.99. The first-order valence-electron chi connectivity index (χ1n) is 14.8. The lowest BCUT2D eigenvalue weighted by atomic mass is 10.0. The van der Waals surface area contributed by atoms with Crippen molar-refractivity contribution in [2.75, 3.05) is 24.7 Å². The molecule has 2 nitrogen and oxygen atoms in total. The second-order valence-corrected chi connectivity index (χ2v) is 11.3. The molecule has 35 heavy (non-hydrogen) atoms. The van der Waals surface area contributed by atoms with E-state index >= 15 is 0 Å². The maximum atomic E-state index is 5.99. The minimum Gasteiger partial charge on any atom is -0.379 e. The third kappa shape index (κ3) is 26.2. The van der Waals surface area contributed by atoms with Crippen LogP contribution in [0.1, 0.15) is 125 Å². The van der Waals surface area contributed by atoms with Gasteiger partial charge in [-0.3, -0.25) is 0 Å². The van der Waals surface area contributed by atoms with Crippen molar-refractivity contribution < 1.29 is 9.47 Å². The minimum atomic E-state index is 0.188. The fourth-order valence-corrected chi connectivity index (χ4v) is 5.02. The molecule has 1 rings (SSSR count). The van der Waals surface area contributed by atoms with Gasteiger partial charge in [-0.15, -0.1) is 0 Å². The summed E-state index contributed by atoms with van der Waals surface area (Å²) in [6, 6.07) is 10.4. The summed E-state index contributed by atoms with van der Waals surface area (Å²) in [6.07, 6.45) is 15.0. The average Bonchev–Trinajstić information content (AvgIpc) is 2.89. The number of benzene rings is 1. The minimum absolute atomic E-state index is 0.188. The highest BCUT2D eigenvalue weighted by Crippen LogP contribution is 2.17. The van der Waals surface area contributed by atoms with Gasteiger partial charge in [0.15, 0.2) is 0 Å². The molecule has 1 aromatic rings. The van der Waals surface area contributed by atoms with Crippen LogP contribution in [-0.4, -0.2) is 36.7 Å². The SMILES string of the molecule is C=S(CCCCCCCCCCC(C)C)CCCOCC(CC)OCc1ccccc1.CC.CC. The second-order valence-electron chi connectivity index (χ2n) is 9.29. The summed E-state index contributed by atoms with van der Waals surface area (Å²) in [7, 11) is 0.308. The summed E-state index contributed by atoms with van der Waals surface area (Å²) in [5, 5.41) is 0. The van der Waals surface area contributed by atoms with Crippen molar-refractivity contribution in [3.63, 3.8) is 0 Å². The second kappa shape index (κ2) is 29.6. The zero-order valence-electron chi connectivity index (χ0n) is 24.8. The van der Waals surface area contributed by atoms with E-state index in [1.54, 1.807) is 0 Å². The van der Waals surface area contributed by atoms with Gasteiger partial charge in [0.25, 0.3) is 0 Å². The zero-order chi connectivity index (χ0) is 26.6. The molecule has 1 aromatic carbocycles. The molecule has 0 fully saturated rings. The van der Waals surface area contributed by atoms with Crippen LogP contribution < -0.4 is 0 Å². The van der Waals surface area contributed by atoms with Gasteiger partial charge >= 0.3 is 0 Å². The Morgan fingerprint density at radius 3 is 1.89 bits per heavy atom. The zero-order valence-corrected chi connectivity index (χ0v) is 25.6. The van der Waals surface area contributed by atoms with Gasteiger partial charge in [-0.25, -0.2) is 0 Å². The highest BCUT2D eigenvalue weighted by Gasteiger charge is 2.07. The van der Waals surface area contributed by atoms with Crippen molar-refractivity contribution in [1.29, 1.82) is 0 Å². The van der Waals surface area contributed by atoms with E-state index in [0.29, 0.717) is 23.7 Å². The summed E-state index contributed by atoms with van der Waals surface area (Å²) in [5.41, 5.74) is 1.23. The fourth-order valence-electron chi connectivity index (χ4n) is 3.67. The van der Waals surface area contributed by atoms with Gasteiger partial charge < -0.3 is 9.47 Å². The first-order valence-corrected chi connectivity index (χ1v) is 16.6. The Kier molecular flexibility index (Phi) is 30.9. The summed E-state index contributed by atoms with van der Waals surface area (Å²) < 4.78 is 11.9. The molecule has 0 heterocycles. The van der Waals surface area contributed by atoms with Crippen LogP contribution in [-0.2, 0) is 16.1 Å². The van der Waals surface area contributed by atoms with Crippen LogP contribution >= 0.6 is 10.5 Å². The molecular formula is C32H62O2S. The van der Waals surface area contributed by atoms with Gasteiger partial charge in [-0.2, -0.15) is 10.5 Å². The summed E-state index contributed by atoms with van der Waals surface area (Å²) >= 11 is 0. The maximum Gasteiger partial charge on any atom is 0.0810 e. The average molecular weight is 511 g/mol. The Balaban J connectivity index is 0. The van der Waals surface area contributed by atoms with E-state index in [9.17, 15) is 0 Å². The van der Waals surface area contributed by atoms with E-state index in [1.165, 1.54) is 74.9 Å².